The summed E-state index contributed by atoms with van der Waals surface area (Å²) in [6, 6.07) is 12.4. The number of aromatic nitrogens is 1. The van der Waals surface area contributed by atoms with Crippen molar-refractivity contribution in [2.45, 2.75) is 19.8 Å². The van der Waals surface area contributed by atoms with Gasteiger partial charge in [0.15, 0.2) is 0 Å². The van der Waals surface area contributed by atoms with Gasteiger partial charge in [-0.05, 0) is 18.6 Å². The lowest BCUT2D eigenvalue weighted by molar-refractivity contribution is 0.890. The fourth-order valence-corrected chi connectivity index (χ4v) is 2.39. The molecular formula is C19H23N3. The highest BCUT2D eigenvalue weighted by molar-refractivity contribution is 6.03. The highest BCUT2D eigenvalue weighted by Crippen LogP contribution is 2.26. The molecule has 0 spiro atoms. The van der Waals surface area contributed by atoms with Crippen molar-refractivity contribution < 1.29 is 0 Å². The van der Waals surface area contributed by atoms with Crippen LogP contribution in [0.2, 0.25) is 0 Å². The molecule has 0 amide bonds. The molecule has 0 saturated carbocycles. The minimum Gasteiger partial charge on any atom is -0.373 e. The Morgan fingerprint density at radius 2 is 1.95 bits per heavy atom. The summed E-state index contributed by atoms with van der Waals surface area (Å²) in [5.74, 6) is 1.18. The Bertz CT molecular complexity index is 684. The van der Waals surface area contributed by atoms with Crippen LogP contribution in [-0.2, 0) is 0 Å². The number of rotatable bonds is 4. The maximum absolute atomic E-state index is 4.64. The predicted molar refractivity (Wildman–Crippen MR) is 94.4 cm³/mol. The zero-order chi connectivity index (χ0) is 16.1. The van der Waals surface area contributed by atoms with Crippen LogP contribution in [0.15, 0.2) is 59.7 Å². The molecule has 0 aliphatic rings. The Balaban J connectivity index is 2.43. The van der Waals surface area contributed by atoms with Crippen molar-refractivity contribution in [2.24, 2.45) is 4.99 Å². The molecule has 0 aliphatic carbocycles. The van der Waals surface area contributed by atoms with E-state index < -0.39 is 0 Å². The second-order valence-electron chi connectivity index (χ2n) is 5.41. The fourth-order valence-electron chi connectivity index (χ4n) is 2.39. The van der Waals surface area contributed by atoms with Crippen LogP contribution in [0.4, 0.5) is 0 Å². The average Bonchev–Trinajstić information content (AvgIpc) is 2.56. The summed E-state index contributed by atoms with van der Waals surface area (Å²) in [5, 5.41) is 3.13. The van der Waals surface area contributed by atoms with E-state index in [-0.39, 0.29) is 0 Å². The van der Waals surface area contributed by atoms with Gasteiger partial charge >= 0.3 is 0 Å². The largest absolute Gasteiger partial charge is 0.373 e. The van der Waals surface area contributed by atoms with E-state index in [1.54, 1.807) is 7.05 Å². The molecule has 3 heteroatoms. The third kappa shape index (κ3) is 3.25. The van der Waals surface area contributed by atoms with Gasteiger partial charge < -0.3 is 5.32 Å². The predicted octanol–water partition coefficient (Wildman–Crippen LogP) is 4.02. The van der Waals surface area contributed by atoms with Crippen molar-refractivity contribution >= 4 is 5.84 Å². The van der Waals surface area contributed by atoms with Crippen molar-refractivity contribution in [3.8, 4) is 11.3 Å². The van der Waals surface area contributed by atoms with Crippen LogP contribution in [0.1, 0.15) is 30.9 Å². The smallest absolute Gasteiger partial charge is 0.128 e. The van der Waals surface area contributed by atoms with Gasteiger partial charge in [0.05, 0.1) is 5.69 Å². The first-order valence-electron chi connectivity index (χ1n) is 7.44. The van der Waals surface area contributed by atoms with Crippen LogP contribution in [-0.4, -0.2) is 24.9 Å². The number of pyridine rings is 1. The lowest BCUT2D eigenvalue weighted by Crippen LogP contribution is -2.20. The number of hydrogen-bond acceptors (Lipinski definition) is 2. The third-order valence-electron chi connectivity index (χ3n) is 3.94. The molecule has 22 heavy (non-hydrogen) atoms. The second-order valence-corrected chi connectivity index (χ2v) is 5.41. The fraction of sp³-hybridized carbons (Fsp3) is 0.263. The van der Waals surface area contributed by atoms with E-state index in [0.717, 1.165) is 28.2 Å². The van der Waals surface area contributed by atoms with E-state index in [1.165, 1.54) is 5.56 Å². The molecule has 1 aromatic carbocycles. The summed E-state index contributed by atoms with van der Waals surface area (Å²) >= 11 is 0. The Hall–Kier alpha value is -2.42. The first kappa shape index (κ1) is 16.0. The topological polar surface area (TPSA) is 37.3 Å². The summed E-state index contributed by atoms with van der Waals surface area (Å²) in [7, 11) is 3.66. The summed E-state index contributed by atoms with van der Waals surface area (Å²) in [6.07, 6.45) is 1.94. The molecule has 1 N–H and O–H groups in total. The van der Waals surface area contributed by atoms with Gasteiger partial charge in [0, 0.05) is 37.3 Å². The van der Waals surface area contributed by atoms with Crippen LogP contribution in [0.3, 0.4) is 0 Å². The van der Waals surface area contributed by atoms with Crippen molar-refractivity contribution in [1.29, 1.82) is 0 Å². The molecule has 3 nitrogen and oxygen atoms in total. The Morgan fingerprint density at radius 3 is 2.50 bits per heavy atom. The van der Waals surface area contributed by atoms with E-state index in [1.807, 2.05) is 32.3 Å². The number of allylic oxidation sites excluding steroid dienone is 1. The first-order chi connectivity index (χ1) is 10.6. The van der Waals surface area contributed by atoms with E-state index in [9.17, 15) is 0 Å². The quantitative estimate of drug-likeness (QED) is 0.525. The van der Waals surface area contributed by atoms with Gasteiger partial charge in [0.25, 0.3) is 0 Å². The van der Waals surface area contributed by atoms with Gasteiger partial charge in [-0.25, -0.2) is 0 Å². The number of nitrogens with zero attached hydrogens (tertiary/aromatic N) is 2. The van der Waals surface area contributed by atoms with Gasteiger partial charge in [-0.1, -0.05) is 49.4 Å². The lowest BCUT2D eigenvalue weighted by atomic mass is 9.95. The first-order valence-corrected chi connectivity index (χ1v) is 7.44. The van der Waals surface area contributed by atoms with Crippen molar-refractivity contribution in [3.05, 3.63) is 65.9 Å². The number of hydrogen-bond donors (Lipinski definition) is 1. The molecule has 2 aromatic rings. The minimum absolute atomic E-state index is 0.321. The maximum atomic E-state index is 4.64. The summed E-state index contributed by atoms with van der Waals surface area (Å²) in [4.78, 5) is 8.94. The van der Waals surface area contributed by atoms with Crippen LogP contribution in [0.5, 0.6) is 0 Å². The zero-order valence-electron chi connectivity index (χ0n) is 13.7. The monoisotopic (exact) mass is 293 g/mol. The SMILES string of the molecule is C=C(C)C(C)c1ccc(-c2ccccc2C(=NC)NC)nc1. The van der Waals surface area contributed by atoms with Gasteiger partial charge in [0.2, 0.25) is 0 Å². The van der Waals surface area contributed by atoms with E-state index >= 15 is 0 Å². The lowest BCUT2D eigenvalue weighted by Gasteiger charge is -2.14. The summed E-state index contributed by atoms with van der Waals surface area (Å²) in [5.41, 5.74) is 5.41. The second kappa shape index (κ2) is 7.03. The molecule has 1 heterocycles. The molecule has 2 rings (SSSR count). The Labute approximate surface area is 132 Å². The van der Waals surface area contributed by atoms with Crippen LogP contribution in [0, 0.1) is 0 Å². The van der Waals surface area contributed by atoms with E-state index in [4.69, 9.17) is 0 Å². The number of benzene rings is 1. The Morgan fingerprint density at radius 1 is 1.23 bits per heavy atom. The van der Waals surface area contributed by atoms with E-state index in [2.05, 4.69) is 53.1 Å². The summed E-state index contributed by atoms with van der Waals surface area (Å²) < 4.78 is 0. The van der Waals surface area contributed by atoms with Crippen molar-refractivity contribution in [3.63, 3.8) is 0 Å². The Kier molecular flexibility index (Phi) is 5.10. The third-order valence-corrected chi connectivity index (χ3v) is 3.94. The zero-order valence-corrected chi connectivity index (χ0v) is 13.7. The molecule has 0 radical (unpaired) electrons. The molecule has 1 aromatic heterocycles. The molecule has 0 bridgehead atoms. The molecular weight excluding hydrogens is 270 g/mol. The maximum Gasteiger partial charge on any atom is 0.128 e. The molecule has 114 valence electrons. The van der Waals surface area contributed by atoms with Crippen LogP contribution < -0.4 is 5.32 Å². The molecule has 0 aliphatic heterocycles. The molecule has 1 atom stereocenters. The highest BCUT2D eigenvalue weighted by Gasteiger charge is 2.11. The normalized spacial score (nSPS) is 12.8. The molecule has 0 fully saturated rings. The standard InChI is InChI=1S/C19H23N3/c1-13(2)14(3)15-10-11-18(22-12-15)16-8-6-7-9-17(16)19(20-4)21-5/h6-12,14H,1H2,2-5H3,(H,20,21). The number of aliphatic imine (C=N–C) groups is 1. The number of amidine groups is 1. The van der Waals surface area contributed by atoms with Gasteiger partial charge in [-0.2, -0.15) is 0 Å². The molecule has 1 unspecified atom stereocenters. The minimum atomic E-state index is 0.321. The van der Waals surface area contributed by atoms with Gasteiger partial charge in [0.1, 0.15) is 5.84 Å². The van der Waals surface area contributed by atoms with Crippen LogP contribution in [0.25, 0.3) is 11.3 Å². The highest BCUT2D eigenvalue weighted by atomic mass is 14.9. The van der Waals surface area contributed by atoms with Crippen LogP contribution >= 0.6 is 0 Å². The van der Waals surface area contributed by atoms with Gasteiger partial charge in [-0.15, -0.1) is 0 Å². The summed E-state index contributed by atoms with van der Waals surface area (Å²) in [6.45, 7) is 8.21. The van der Waals surface area contributed by atoms with Gasteiger partial charge in [-0.3, -0.25) is 9.98 Å². The number of nitrogens with one attached hydrogen (secondary N) is 1. The molecule has 0 saturated heterocycles. The van der Waals surface area contributed by atoms with Crippen molar-refractivity contribution in [2.75, 3.05) is 14.1 Å². The average molecular weight is 293 g/mol. The van der Waals surface area contributed by atoms with E-state index in [0.29, 0.717) is 5.92 Å². The van der Waals surface area contributed by atoms with Crippen molar-refractivity contribution in [1.82, 2.24) is 10.3 Å².